The van der Waals surface area contributed by atoms with E-state index in [1.807, 2.05) is 24.3 Å². The van der Waals surface area contributed by atoms with E-state index in [0.717, 1.165) is 23.1 Å². The van der Waals surface area contributed by atoms with E-state index in [2.05, 4.69) is 31.0 Å². The summed E-state index contributed by atoms with van der Waals surface area (Å²) in [6, 6.07) is 8.51. The van der Waals surface area contributed by atoms with E-state index in [4.69, 9.17) is 17.0 Å². The highest BCUT2D eigenvalue weighted by atomic mass is 32.1. The Morgan fingerprint density at radius 3 is 2.82 bits per heavy atom. The van der Waals surface area contributed by atoms with E-state index in [1.54, 1.807) is 7.11 Å². The van der Waals surface area contributed by atoms with Gasteiger partial charge in [0, 0.05) is 24.3 Å². The SMILES string of the molecule is COc1cccc(NC(=S)N2CC3(C)CC2CC(C)(C)C3)c1. The number of ether oxygens (including phenoxy) is 1. The van der Waals surface area contributed by atoms with Gasteiger partial charge in [0.05, 0.1) is 7.11 Å². The van der Waals surface area contributed by atoms with Gasteiger partial charge in [-0.05, 0) is 54.4 Å². The fraction of sp³-hybridized carbons (Fsp3) is 0.611. The van der Waals surface area contributed by atoms with Crippen LogP contribution in [-0.2, 0) is 0 Å². The van der Waals surface area contributed by atoms with Crippen LogP contribution >= 0.6 is 12.2 Å². The predicted octanol–water partition coefficient (Wildman–Crippen LogP) is 4.29. The molecular weight excluding hydrogens is 292 g/mol. The second kappa shape index (κ2) is 5.41. The van der Waals surface area contributed by atoms with Crippen molar-refractivity contribution in [3.8, 4) is 5.75 Å². The summed E-state index contributed by atoms with van der Waals surface area (Å²) < 4.78 is 5.28. The normalized spacial score (nSPS) is 29.3. The van der Waals surface area contributed by atoms with Crippen LogP contribution < -0.4 is 10.1 Å². The van der Waals surface area contributed by atoms with E-state index >= 15 is 0 Å². The maximum absolute atomic E-state index is 5.70. The number of nitrogens with one attached hydrogen (secondary N) is 1. The Labute approximate surface area is 139 Å². The first-order valence-electron chi connectivity index (χ1n) is 8.02. The molecule has 1 aromatic carbocycles. The van der Waals surface area contributed by atoms with E-state index in [-0.39, 0.29) is 0 Å². The van der Waals surface area contributed by atoms with Gasteiger partial charge < -0.3 is 15.0 Å². The van der Waals surface area contributed by atoms with E-state index in [0.29, 0.717) is 16.9 Å². The van der Waals surface area contributed by atoms with Crippen LogP contribution in [0.1, 0.15) is 40.0 Å². The van der Waals surface area contributed by atoms with E-state index < -0.39 is 0 Å². The number of thiocarbonyl (C=S) groups is 1. The Kier molecular flexibility index (Phi) is 3.84. The summed E-state index contributed by atoms with van der Waals surface area (Å²) in [5.74, 6) is 0.848. The van der Waals surface area contributed by atoms with Crippen LogP contribution in [0, 0.1) is 10.8 Å². The fourth-order valence-corrected chi connectivity index (χ4v) is 4.92. The summed E-state index contributed by atoms with van der Waals surface area (Å²) in [5.41, 5.74) is 1.81. The third-order valence-corrected chi connectivity index (χ3v) is 5.33. The monoisotopic (exact) mass is 318 g/mol. The second-order valence-electron chi connectivity index (χ2n) is 8.00. The van der Waals surface area contributed by atoms with Crippen LogP contribution in [0.2, 0.25) is 0 Å². The molecule has 2 unspecified atom stereocenters. The van der Waals surface area contributed by atoms with Crippen LogP contribution in [0.25, 0.3) is 0 Å². The molecule has 1 saturated heterocycles. The lowest BCUT2D eigenvalue weighted by Gasteiger charge is -2.39. The van der Waals surface area contributed by atoms with E-state index in [9.17, 15) is 0 Å². The van der Waals surface area contributed by atoms with Gasteiger partial charge in [0.25, 0.3) is 0 Å². The minimum atomic E-state index is 0.395. The Hall–Kier alpha value is -1.29. The molecule has 1 N–H and O–H groups in total. The summed E-state index contributed by atoms with van der Waals surface area (Å²) in [4.78, 5) is 2.41. The second-order valence-corrected chi connectivity index (χ2v) is 8.39. The molecule has 2 bridgehead atoms. The standard InChI is InChI=1S/C18H26N2OS/c1-17(2)9-14-10-18(3,11-17)12-20(14)16(22)19-13-6-5-7-15(8-13)21-4/h5-8,14H,9-12H2,1-4H3,(H,19,22). The molecule has 0 aromatic heterocycles. The lowest BCUT2D eigenvalue weighted by Crippen LogP contribution is -2.39. The number of anilines is 1. The Balaban J connectivity index is 1.73. The highest BCUT2D eigenvalue weighted by Crippen LogP contribution is 2.52. The zero-order valence-electron chi connectivity index (χ0n) is 14.0. The Morgan fingerprint density at radius 2 is 2.09 bits per heavy atom. The maximum atomic E-state index is 5.70. The van der Waals surface area contributed by atoms with Gasteiger partial charge in [0.2, 0.25) is 0 Å². The smallest absolute Gasteiger partial charge is 0.173 e. The van der Waals surface area contributed by atoms with Gasteiger partial charge in [-0.25, -0.2) is 0 Å². The molecule has 1 aliphatic carbocycles. The maximum Gasteiger partial charge on any atom is 0.173 e. The molecule has 2 aliphatic rings. The zero-order valence-corrected chi connectivity index (χ0v) is 14.8. The molecule has 120 valence electrons. The Bertz CT molecular complexity index is 586. The van der Waals surface area contributed by atoms with Crippen molar-refractivity contribution in [3.63, 3.8) is 0 Å². The molecule has 2 atom stereocenters. The molecule has 4 heteroatoms. The highest BCUT2D eigenvalue weighted by molar-refractivity contribution is 7.80. The fourth-order valence-electron chi connectivity index (χ4n) is 4.59. The number of hydrogen-bond acceptors (Lipinski definition) is 2. The van der Waals surface area contributed by atoms with E-state index in [1.165, 1.54) is 19.3 Å². The molecule has 0 spiro atoms. The van der Waals surface area contributed by atoms with Crippen molar-refractivity contribution >= 4 is 23.0 Å². The average molecular weight is 318 g/mol. The molecule has 2 fully saturated rings. The molecule has 3 rings (SSSR count). The van der Waals surface area contributed by atoms with Gasteiger partial charge in [-0.15, -0.1) is 0 Å². The van der Waals surface area contributed by atoms with Crippen LogP contribution in [0.5, 0.6) is 5.75 Å². The van der Waals surface area contributed by atoms with Crippen molar-refractivity contribution in [2.75, 3.05) is 19.0 Å². The molecule has 22 heavy (non-hydrogen) atoms. The number of fused-ring (bicyclic) bond motifs is 2. The third-order valence-electron chi connectivity index (χ3n) is 5.00. The van der Waals surface area contributed by atoms with Gasteiger partial charge in [0.15, 0.2) is 5.11 Å². The number of benzene rings is 1. The first-order valence-corrected chi connectivity index (χ1v) is 8.43. The molecule has 0 radical (unpaired) electrons. The van der Waals surface area contributed by atoms with Crippen LogP contribution in [-0.4, -0.2) is 29.7 Å². The van der Waals surface area contributed by atoms with Crippen molar-refractivity contribution in [1.82, 2.24) is 4.90 Å². The topological polar surface area (TPSA) is 24.5 Å². The van der Waals surface area contributed by atoms with Crippen LogP contribution in [0.4, 0.5) is 5.69 Å². The van der Waals surface area contributed by atoms with Gasteiger partial charge in [-0.1, -0.05) is 26.8 Å². The first-order chi connectivity index (χ1) is 10.3. The van der Waals surface area contributed by atoms with Crippen LogP contribution in [0.3, 0.4) is 0 Å². The van der Waals surface area contributed by atoms with Crippen molar-refractivity contribution in [2.24, 2.45) is 10.8 Å². The minimum absolute atomic E-state index is 0.395. The molecular formula is C18H26N2OS. The molecule has 3 nitrogen and oxygen atoms in total. The van der Waals surface area contributed by atoms with Gasteiger partial charge >= 0.3 is 0 Å². The summed E-state index contributed by atoms with van der Waals surface area (Å²) in [7, 11) is 1.68. The Morgan fingerprint density at radius 1 is 1.32 bits per heavy atom. The number of methoxy groups -OCH3 is 1. The van der Waals surface area contributed by atoms with Crippen LogP contribution in [0.15, 0.2) is 24.3 Å². The highest BCUT2D eigenvalue weighted by Gasteiger charge is 2.50. The van der Waals surface area contributed by atoms with Gasteiger partial charge in [-0.2, -0.15) is 0 Å². The summed E-state index contributed by atoms with van der Waals surface area (Å²) >= 11 is 5.70. The summed E-state index contributed by atoms with van der Waals surface area (Å²) in [6.07, 6.45) is 3.77. The molecule has 1 heterocycles. The van der Waals surface area contributed by atoms with Gasteiger partial charge in [-0.3, -0.25) is 0 Å². The summed E-state index contributed by atoms with van der Waals surface area (Å²) in [5, 5.41) is 4.24. The number of rotatable bonds is 2. The lowest BCUT2D eigenvalue weighted by atomic mass is 9.65. The van der Waals surface area contributed by atoms with Gasteiger partial charge in [0.1, 0.15) is 5.75 Å². The molecule has 1 aromatic rings. The minimum Gasteiger partial charge on any atom is -0.497 e. The quantitative estimate of drug-likeness (QED) is 0.822. The van der Waals surface area contributed by atoms with Crippen molar-refractivity contribution in [1.29, 1.82) is 0 Å². The average Bonchev–Trinajstić information content (AvgIpc) is 2.68. The van der Waals surface area contributed by atoms with Crippen molar-refractivity contribution in [3.05, 3.63) is 24.3 Å². The molecule has 1 saturated carbocycles. The van der Waals surface area contributed by atoms with Crippen molar-refractivity contribution < 1.29 is 4.74 Å². The lowest BCUT2D eigenvalue weighted by molar-refractivity contribution is 0.132. The number of hydrogen-bond donors (Lipinski definition) is 1. The zero-order chi connectivity index (χ0) is 16.0. The number of nitrogens with zero attached hydrogens (tertiary/aromatic N) is 1. The largest absolute Gasteiger partial charge is 0.497 e. The number of likely N-dealkylation sites (tertiary alicyclic amines) is 1. The predicted molar refractivity (Wildman–Crippen MR) is 95.4 cm³/mol. The third kappa shape index (κ3) is 3.07. The molecule has 1 aliphatic heterocycles. The first kappa shape index (κ1) is 15.6. The summed E-state index contributed by atoms with van der Waals surface area (Å²) in [6.45, 7) is 8.25. The van der Waals surface area contributed by atoms with Crippen molar-refractivity contribution in [2.45, 2.75) is 46.1 Å². The molecule has 0 amide bonds.